The molecule has 0 saturated carbocycles. The number of aromatic nitrogens is 1. The third-order valence-electron chi connectivity index (χ3n) is 3.08. The standard InChI is InChI=1S/C15H14F2N2O2/c1-7-4-9(3)14(18-6-7)19-13-10(15(20)21)5-8(2)11(16)12(13)17/h4-6H,1-3H3,(H,18,19)(H,20,21). The van der Waals surface area contributed by atoms with Gasteiger partial charge in [0.2, 0.25) is 0 Å². The Morgan fingerprint density at radius 2 is 1.81 bits per heavy atom. The number of carbonyl (C=O) groups is 1. The van der Waals surface area contributed by atoms with Crippen molar-refractivity contribution in [2.75, 3.05) is 5.32 Å². The minimum absolute atomic E-state index is 0.0657. The Kier molecular flexibility index (Phi) is 3.88. The highest BCUT2D eigenvalue weighted by Crippen LogP contribution is 2.29. The van der Waals surface area contributed by atoms with E-state index in [4.69, 9.17) is 5.11 Å². The van der Waals surface area contributed by atoms with Gasteiger partial charge in [-0.3, -0.25) is 0 Å². The molecule has 0 bridgehead atoms. The van der Waals surface area contributed by atoms with Crippen LogP contribution in [0.3, 0.4) is 0 Å². The smallest absolute Gasteiger partial charge is 0.337 e. The predicted octanol–water partition coefficient (Wildman–Crippen LogP) is 3.73. The molecular weight excluding hydrogens is 278 g/mol. The van der Waals surface area contributed by atoms with Crippen LogP contribution in [0.1, 0.15) is 27.0 Å². The van der Waals surface area contributed by atoms with Gasteiger partial charge in [-0.15, -0.1) is 0 Å². The van der Waals surface area contributed by atoms with E-state index in [2.05, 4.69) is 10.3 Å². The van der Waals surface area contributed by atoms with Crippen LogP contribution in [-0.2, 0) is 0 Å². The van der Waals surface area contributed by atoms with E-state index < -0.39 is 23.3 Å². The van der Waals surface area contributed by atoms with Crippen LogP contribution in [0.5, 0.6) is 0 Å². The molecule has 0 amide bonds. The van der Waals surface area contributed by atoms with E-state index in [9.17, 15) is 13.6 Å². The molecule has 6 heteroatoms. The monoisotopic (exact) mass is 292 g/mol. The Hall–Kier alpha value is -2.50. The van der Waals surface area contributed by atoms with Gasteiger partial charge in [-0.05, 0) is 43.5 Å². The maximum Gasteiger partial charge on any atom is 0.337 e. The van der Waals surface area contributed by atoms with Crippen LogP contribution in [-0.4, -0.2) is 16.1 Å². The third kappa shape index (κ3) is 2.84. The van der Waals surface area contributed by atoms with Gasteiger partial charge < -0.3 is 10.4 Å². The molecule has 21 heavy (non-hydrogen) atoms. The molecule has 4 nitrogen and oxygen atoms in total. The number of hydrogen-bond donors (Lipinski definition) is 2. The Morgan fingerprint density at radius 3 is 2.38 bits per heavy atom. The summed E-state index contributed by atoms with van der Waals surface area (Å²) in [6.45, 7) is 4.90. The summed E-state index contributed by atoms with van der Waals surface area (Å²) < 4.78 is 27.7. The normalized spacial score (nSPS) is 10.5. The third-order valence-corrected chi connectivity index (χ3v) is 3.08. The number of carboxylic acids is 1. The van der Waals surface area contributed by atoms with Crippen LogP contribution in [0.4, 0.5) is 20.3 Å². The van der Waals surface area contributed by atoms with Crippen LogP contribution in [0.15, 0.2) is 18.3 Å². The molecule has 0 atom stereocenters. The van der Waals surface area contributed by atoms with Gasteiger partial charge in [0, 0.05) is 6.20 Å². The Morgan fingerprint density at radius 1 is 1.14 bits per heavy atom. The second kappa shape index (κ2) is 5.47. The van der Waals surface area contributed by atoms with Gasteiger partial charge in [-0.1, -0.05) is 6.07 Å². The molecule has 0 spiro atoms. The van der Waals surface area contributed by atoms with Gasteiger partial charge in [0.25, 0.3) is 0 Å². The highest BCUT2D eigenvalue weighted by Gasteiger charge is 2.21. The molecule has 1 aromatic heterocycles. The molecule has 0 saturated heterocycles. The number of halogens is 2. The second-order valence-corrected chi connectivity index (χ2v) is 4.85. The molecule has 2 rings (SSSR count). The Balaban J connectivity index is 2.57. The van der Waals surface area contributed by atoms with Crippen molar-refractivity contribution >= 4 is 17.5 Å². The molecule has 0 unspecified atom stereocenters. The Bertz CT molecular complexity index is 730. The minimum Gasteiger partial charge on any atom is -0.478 e. The lowest BCUT2D eigenvalue weighted by Crippen LogP contribution is -2.09. The van der Waals surface area contributed by atoms with Crippen LogP contribution >= 0.6 is 0 Å². The second-order valence-electron chi connectivity index (χ2n) is 4.85. The quantitative estimate of drug-likeness (QED) is 0.905. The van der Waals surface area contributed by atoms with Crippen molar-refractivity contribution in [3.05, 3.63) is 52.2 Å². The van der Waals surface area contributed by atoms with E-state index in [-0.39, 0.29) is 16.9 Å². The number of carboxylic acid groups (broad SMARTS) is 1. The molecule has 0 radical (unpaired) electrons. The average Bonchev–Trinajstić information content (AvgIpc) is 2.41. The number of rotatable bonds is 3. The van der Waals surface area contributed by atoms with Gasteiger partial charge in [-0.2, -0.15) is 0 Å². The Labute approximate surface area is 120 Å². The van der Waals surface area contributed by atoms with Crippen LogP contribution in [0, 0.1) is 32.4 Å². The van der Waals surface area contributed by atoms with Gasteiger partial charge in [0.05, 0.1) is 11.3 Å². The first kappa shape index (κ1) is 14.9. The van der Waals surface area contributed by atoms with E-state index in [0.717, 1.165) is 11.6 Å². The van der Waals surface area contributed by atoms with Crippen molar-refractivity contribution in [2.45, 2.75) is 20.8 Å². The molecule has 0 fully saturated rings. The van der Waals surface area contributed by atoms with Gasteiger partial charge >= 0.3 is 5.97 Å². The first-order chi connectivity index (χ1) is 9.81. The van der Waals surface area contributed by atoms with Crippen LogP contribution in [0.2, 0.25) is 0 Å². The topological polar surface area (TPSA) is 62.2 Å². The molecule has 2 aromatic rings. The molecule has 2 N–H and O–H groups in total. The molecular formula is C15H14F2N2O2. The van der Waals surface area contributed by atoms with E-state index in [1.165, 1.54) is 6.92 Å². The average molecular weight is 292 g/mol. The highest BCUT2D eigenvalue weighted by atomic mass is 19.2. The maximum absolute atomic E-state index is 14.1. The zero-order valence-electron chi connectivity index (χ0n) is 11.8. The number of pyridine rings is 1. The van der Waals surface area contributed by atoms with Crippen LogP contribution in [0.25, 0.3) is 0 Å². The number of hydrogen-bond acceptors (Lipinski definition) is 3. The summed E-state index contributed by atoms with van der Waals surface area (Å²) in [7, 11) is 0. The van der Waals surface area contributed by atoms with Gasteiger partial charge in [0.1, 0.15) is 5.82 Å². The number of nitrogens with one attached hydrogen (secondary N) is 1. The van der Waals surface area contributed by atoms with Crippen molar-refractivity contribution in [3.63, 3.8) is 0 Å². The van der Waals surface area contributed by atoms with Gasteiger partial charge in [-0.25, -0.2) is 18.6 Å². The fourth-order valence-corrected chi connectivity index (χ4v) is 2.01. The fourth-order valence-electron chi connectivity index (χ4n) is 2.01. The van der Waals surface area contributed by atoms with Crippen molar-refractivity contribution in [1.29, 1.82) is 0 Å². The first-order valence-corrected chi connectivity index (χ1v) is 6.23. The van der Waals surface area contributed by atoms with Crippen molar-refractivity contribution in [1.82, 2.24) is 4.98 Å². The largest absolute Gasteiger partial charge is 0.478 e. The lowest BCUT2D eigenvalue weighted by Gasteiger charge is -2.14. The SMILES string of the molecule is Cc1cnc(Nc2c(C(=O)O)cc(C)c(F)c2F)c(C)c1. The number of anilines is 2. The van der Waals surface area contributed by atoms with Crippen molar-refractivity contribution < 1.29 is 18.7 Å². The highest BCUT2D eigenvalue weighted by molar-refractivity contribution is 5.95. The van der Waals surface area contributed by atoms with E-state index in [0.29, 0.717) is 5.56 Å². The lowest BCUT2D eigenvalue weighted by molar-refractivity contribution is 0.0697. The number of aryl methyl sites for hydroxylation is 3. The lowest BCUT2D eigenvalue weighted by atomic mass is 10.1. The summed E-state index contributed by atoms with van der Waals surface area (Å²) in [5.74, 6) is -3.36. The van der Waals surface area contributed by atoms with Crippen LogP contribution < -0.4 is 5.32 Å². The summed E-state index contributed by atoms with van der Waals surface area (Å²) in [5, 5.41) is 11.7. The summed E-state index contributed by atoms with van der Waals surface area (Å²) in [5.41, 5.74) is 0.779. The molecule has 0 aliphatic rings. The first-order valence-electron chi connectivity index (χ1n) is 6.23. The number of benzene rings is 1. The zero-order valence-corrected chi connectivity index (χ0v) is 11.8. The molecule has 1 aromatic carbocycles. The van der Waals surface area contributed by atoms with E-state index >= 15 is 0 Å². The van der Waals surface area contributed by atoms with Crippen molar-refractivity contribution in [2.24, 2.45) is 0 Å². The zero-order chi connectivity index (χ0) is 15.7. The maximum atomic E-state index is 14.1. The fraction of sp³-hybridized carbons (Fsp3) is 0.200. The summed E-state index contributed by atoms with van der Waals surface area (Å²) >= 11 is 0. The molecule has 0 aliphatic heterocycles. The van der Waals surface area contributed by atoms with E-state index in [1.807, 2.05) is 6.92 Å². The van der Waals surface area contributed by atoms with Crippen molar-refractivity contribution in [3.8, 4) is 0 Å². The predicted molar refractivity (Wildman–Crippen MR) is 75.0 cm³/mol. The molecule has 1 heterocycles. The summed E-state index contributed by atoms with van der Waals surface area (Å²) in [6, 6.07) is 2.89. The molecule has 110 valence electrons. The number of aromatic carboxylic acids is 1. The number of nitrogens with zero attached hydrogens (tertiary/aromatic N) is 1. The van der Waals surface area contributed by atoms with E-state index in [1.54, 1.807) is 19.2 Å². The summed E-state index contributed by atoms with van der Waals surface area (Å²) in [4.78, 5) is 15.3. The van der Waals surface area contributed by atoms with Gasteiger partial charge in [0.15, 0.2) is 11.6 Å². The minimum atomic E-state index is -1.34. The summed E-state index contributed by atoms with van der Waals surface area (Å²) in [6.07, 6.45) is 1.55. The molecule has 0 aliphatic carbocycles.